The first-order chi connectivity index (χ1) is 11.2. The highest BCUT2D eigenvalue weighted by atomic mass is 16.1. The highest BCUT2D eigenvalue weighted by molar-refractivity contribution is 6.05. The maximum atomic E-state index is 12.1. The Morgan fingerprint density at radius 1 is 1.17 bits per heavy atom. The molecule has 8 nitrogen and oxygen atoms in total. The molecule has 0 radical (unpaired) electrons. The van der Waals surface area contributed by atoms with Crippen LogP contribution in [0.25, 0.3) is 0 Å². The third-order valence-corrected chi connectivity index (χ3v) is 3.93. The van der Waals surface area contributed by atoms with Crippen molar-refractivity contribution in [2.45, 2.75) is 25.8 Å². The molecule has 1 aliphatic heterocycles. The van der Waals surface area contributed by atoms with Crippen LogP contribution in [0, 0.1) is 0 Å². The summed E-state index contributed by atoms with van der Waals surface area (Å²) in [5.74, 6) is -0.270. The molecule has 122 valence electrons. The van der Waals surface area contributed by atoms with E-state index in [2.05, 4.69) is 25.3 Å². The number of nitrogens with one attached hydrogen (secondary N) is 1. The Kier molecular flexibility index (Phi) is 4.82. The molecule has 3 rings (SSSR count). The van der Waals surface area contributed by atoms with Crippen LogP contribution in [0.4, 0.5) is 11.5 Å². The van der Waals surface area contributed by atoms with E-state index in [4.69, 9.17) is 5.73 Å². The van der Waals surface area contributed by atoms with Crippen LogP contribution in [0.5, 0.6) is 0 Å². The van der Waals surface area contributed by atoms with Crippen LogP contribution in [0.3, 0.4) is 0 Å². The van der Waals surface area contributed by atoms with Gasteiger partial charge in [0.05, 0.1) is 18.4 Å². The Hall–Kier alpha value is -2.48. The third kappa shape index (κ3) is 4.04. The lowest BCUT2D eigenvalue weighted by Crippen LogP contribution is -2.32. The number of carbonyl (C=O) groups is 1. The first-order valence-electron chi connectivity index (χ1n) is 7.85. The number of nitrogen functional groups attached to an aromatic ring is 1. The summed E-state index contributed by atoms with van der Waals surface area (Å²) in [7, 11) is 0. The largest absolute Gasteiger partial charge is 0.382 e. The smallest absolute Gasteiger partial charge is 0.278 e. The molecule has 2 aromatic heterocycles. The van der Waals surface area contributed by atoms with Gasteiger partial charge in [0.2, 0.25) is 0 Å². The minimum absolute atomic E-state index is 0.113. The Labute approximate surface area is 134 Å². The van der Waals surface area contributed by atoms with E-state index in [1.54, 1.807) is 6.20 Å². The molecule has 3 N–H and O–H groups in total. The quantitative estimate of drug-likeness (QED) is 0.853. The molecule has 1 amide bonds. The summed E-state index contributed by atoms with van der Waals surface area (Å²) in [6.45, 7) is 4.11. The van der Waals surface area contributed by atoms with Crippen LogP contribution in [0.1, 0.15) is 29.8 Å². The summed E-state index contributed by atoms with van der Waals surface area (Å²) in [4.78, 5) is 22.4. The number of nitrogens with zero attached hydrogens (tertiary/aromatic N) is 5. The number of piperidine rings is 1. The predicted molar refractivity (Wildman–Crippen MR) is 86.9 cm³/mol. The predicted octanol–water partition coefficient (Wildman–Crippen LogP) is 0.993. The van der Waals surface area contributed by atoms with Crippen molar-refractivity contribution in [1.29, 1.82) is 0 Å². The van der Waals surface area contributed by atoms with E-state index in [1.807, 2.05) is 10.9 Å². The van der Waals surface area contributed by atoms with Crippen molar-refractivity contribution in [2.75, 3.05) is 30.7 Å². The second kappa shape index (κ2) is 7.19. The molecular formula is C15H21N7O. The van der Waals surface area contributed by atoms with Crippen LogP contribution < -0.4 is 11.1 Å². The Morgan fingerprint density at radius 3 is 2.74 bits per heavy atom. The molecule has 3 heterocycles. The van der Waals surface area contributed by atoms with Gasteiger partial charge < -0.3 is 16.0 Å². The topological polar surface area (TPSA) is 102 Å². The zero-order valence-electron chi connectivity index (χ0n) is 13.0. The zero-order valence-corrected chi connectivity index (χ0v) is 13.0. The average Bonchev–Trinajstić information content (AvgIpc) is 3.02. The second-order valence-corrected chi connectivity index (χ2v) is 5.64. The zero-order chi connectivity index (χ0) is 16.1. The third-order valence-electron chi connectivity index (χ3n) is 3.93. The second-order valence-electron chi connectivity index (χ2n) is 5.64. The molecule has 0 atom stereocenters. The van der Waals surface area contributed by atoms with Gasteiger partial charge in [0.1, 0.15) is 0 Å². The van der Waals surface area contributed by atoms with Gasteiger partial charge in [-0.3, -0.25) is 9.48 Å². The van der Waals surface area contributed by atoms with E-state index in [9.17, 15) is 4.79 Å². The van der Waals surface area contributed by atoms with Gasteiger partial charge in [0.25, 0.3) is 5.91 Å². The Morgan fingerprint density at radius 2 is 1.96 bits per heavy atom. The highest BCUT2D eigenvalue weighted by Crippen LogP contribution is 2.11. The molecule has 1 saturated heterocycles. The van der Waals surface area contributed by atoms with Gasteiger partial charge >= 0.3 is 0 Å². The monoisotopic (exact) mass is 315 g/mol. The number of carbonyl (C=O) groups excluding carboxylic acids is 1. The summed E-state index contributed by atoms with van der Waals surface area (Å²) >= 11 is 0. The van der Waals surface area contributed by atoms with Crippen molar-refractivity contribution in [3.05, 3.63) is 30.5 Å². The minimum Gasteiger partial charge on any atom is -0.382 e. The average molecular weight is 315 g/mol. The molecule has 23 heavy (non-hydrogen) atoms. The number of hydrogen-bond donors (Lipinski definition) is 2. The molecule has 0 aromatic carbocycles. The number of amides is 1. The van der Waals surface area contributed by atoms with Crippen LogP contribution in [0.2, 0.25) is 0 Å². The first-order valence-corrected chi connectivity index (χ1v) is 7.85. The normalized spacial score (nSPS) is 15.5. The summed E-state index contributed by atoms with van der Waals surface area (Å²) in [6.07, 6.45) is 10.2. The minimum atomic E-state index is -0.383. The number of nitrogens with two attached hydrogens (primary N) is 1. The molecule has 0 saturated carbocycles. The number of likely N-dealkylation sites (tertiary alicyclic amines) is 1. The van der Waals surface area contributed by atoms with E-state index < -0.39 is 0 Å². The lowest BCUT2D eigenvalue weighted by Gasteiger charge is -2.26. The van der Waals surface area contributed by atoms with Crippen LogP contribution in [-0.4, -0.2) is 50.2 Å². The molecular weight excluding hydrogens is 294 g/mol. The van der Waals surface area contributed by atoms with Gasteiger partial charge in [-0.1, -0.05) is 6.42 Å². The van der Waals surface area contributed by atoms with Crippen LogP contribution in [0.15, 0.2) is 24.8 Å². The van der Waals surface area contributed by atoms with E-state index >= 15 is 0 Å². The maximum Gasteiger partial charge on any atom is 0.278 e. The fourth-order valence-corrected chi connectivity index (χ4v) is 2.69. The lowest BCUT2D eigenvalue weighted by molar-refractivity contribution is 0.102. The molecule has 8 heteroatoms. The fraction of sp³-hybridized carbons (Fsp3) is 0.467. The molecule has 0 bridgehead atoms. The first kappa shape index (κ1) is 15.4. The van der Waals surface area contributed by atoms with Crippen molar-refractivity contribution < 1.29 is 4.79 Å². The molecule has 0 aliphatic carbocycles. The summed E-state index contributed by atoms with van der Waals surface area (Å²) in [5, 5.41) is 7.02. The summed E-state index contributed by atoms with van der Waals surface area (Å²) < 4.78 is 1.84. The van der Waals surface area contributed by atoms with Crippen molar-refractivity contribution in [3.8, 4) is 0 Å². The van der Waals surface area contributed by atoms with Crippen molar-refractivity contribution in [2.24, 2.45) is 0 Å². The standard InChI is InChI=1S/C15H21N7O/c16-14-13(17-4-5-18-14)15(23)20-12-10-19-22(11-12)9-8-21-6-2-1-3-7-21/h4-5,10-11H,1-3,6-9H2,(H2,16,18)(H,20,23). The van der Waals surface area contributed by atoms with E-state index in [1.165, 1.54) is 31.7 Å². The number of aromatic nitrogens is 4. The summed E-state index contributed by atoms with van der Waals surface area (Å²) in [6, 6.07) is 0. The highest BCUT2D eigenvalue weighted by Gasteiger charge is 2.13. The fourth-order valence-electron chi connectivity index (χ4n) is 2.69. The van der Waals surface area contributed by atoms with Crippen LogP contribution in [-0.2, 0) is 6.54 Å². The molecule has 0 unspecified atom stereocenters. The molecule has 1 aliphatic rings. The number of anilines is 2. The van der Waals surface area contributed by atoms with Gasteiger partial charge in [-0.25, -0.2) is 9.97 Å². The van der Waals surface area contributed by atoms with Gasteiger partial charge in [-0.15, -0.1) is 0 Å². The van der Waals surface area contributed by atoms with Crippen LogP contribution >= 0.6 is 0 Å². The lowest BCUT2D eigenvalue weighted by atomic mass is 10.1. The Balaban J connectivity index is 1.54. The van der Waals surface area contributed by atoms with Gasteiger partial charge in [-0.05, 0) is 25.9 Å². The van der Waals surface area contributed by atoms with E-state index in [-0.39, 0.29) is 17.4 Å². The Bertz CT molecular complexity index is 663. The van der Waals surface area contributed by atoms with Gasteiger partial charge in [-0.2, -0.15) is 5.10 Å². The maximum absolute atomic E-state index is 12.1. The van der Waals surface area contributed by atoms with Gasteiger partial charge in [0.15, 0.2) is 11.5 Å². The molecule has 1 fully saturated rings. The van der Waals surface area contributed by atoms with Crippen molar-refractivity contribution in [1.82, 2.24) is 24.6 Å². The number of hydrogen-bond acceptors (Lipinski definition) is 6. The molecule has 2 aromatic rings. The van der Waals surface area contributed by atoms with E-state index in [0.717, 1.165) is 26.2 Å². The van der Waals surface area contributed by atoms with Gasteiger partial charge in [0, 0.05) is 25.1 Å². The van der Waals surface area contributed by atoms with Crippen molar-refractivity contribution >= 4 is 17.4 Å². The molecule has 0 spiro atoms. The SMILES string of the molecule is Nc1nccnc1C(=O)Nc1cnn(CCN2CCCCC2)c1. The number of rotatable bonds is 5. The van der Waals surface area contributed by atoms with E-state index in [0.29, 0.717) is 5.69 Å². The summed E-state index contributed by atoms with van der Waals surface area (Å²) in [5.41, 5.74) is 6.39. The van der Waals surface area contributed by atoms with Crippen molar-refractivity contribution in [3.63, 3.8) is 0 Å².